The second-order valence-electron chi connectivity index (χ2n) is 13.5. The second kappa shape index (κ2) is 13.1. The summed E-state index contributed by atoms with van der Waals surface area (Å²) in [6, 6.07) is 13.8. The Hall–Kier alpha value is -4.39. The molecular formula is C36H38ClN7O4S. The van der Waals surface area contributed by atoms with Crippen LogP contribution in [0.1, 0.15) is 56.5 Å². The van der Waals surface area contributed by atoms with E-state index in [1.807, 2.05) is 61.8 Å². The first-order chi connectivity index (χ1) is 23.6. The number of amides is 1. The topological polar surface area (TPSA) is 127 Å². The molecule has 5 aromatic rings. The standard InChI is InChI=1S/C36H38ClN7O4S/c1-35(2,3)48-34(46)42-31-24-8-6-5-7-22(24)17-36(31)12-15-43(16-13-36)32-27(21-45)40-29(19-39-32)49-28-11-14-44-20-26(41-33(44)30(28)37)25-10-9-23(47-4)18-38-25/h5-11,14,18-20,31,45H,12-13,15-17,21H2,1-4H3,(H,42,46)/t31-/m1/s1. The van der Waals surface area contributed by atoms with Gasteiger partial charge in [0, 0.05) is 35.8 Å². The molecule has 1 atom stereocenters. The molecule has 2 aliphatic rings. The van der Waals surface area contributed by atoms with E-state index in [0.717, 1.165) is 29.7 Å². The molecule has 1 fully saturated rings. The maximum absolute atomic E-state index is 12.9. The van der Waals surface area contributed by atoms with Crippen molar-refractivity contribution in [3.05, 3.63) is 89.1 Å². The molecule has 1 aliphatic heterocycles. The number of benzene rings is 1. The molecule has 11 nitrogen and oxygen atoms in total. The molecule has 13 heteroatoms. The Morgan fingerprint density at radius 3 is 2.59 bits per heavy atom. The van der Waals surface area contributed by atoms with Crippen LogP contribution in [-0.2, 0) is 17.8 Å². The molecule has 0 saturated carbocycles. The van der Waals surface area contributed by atoms with Gasteiger partial charge in [-0.2, -0.15) is 0 Å². The number of rotatable bonds is 7. The minimum Gasteiger partial charge on any atom is -0.495 e. The zero-order valence-corrected chi connectivity index (χ0v) is 29.4. The van der Waals surface area contributed by atoms with Crippen LogP contribution in [0.4, 0.5) is 10.6 Å². The fourth-order valence-electron chi connectivity index (χ4n) is 6.86. The summed E-state index contributed by atoms with van der Waals surface area (Å²) < 4.78 is 12.7. The van der Waals surface area contributed by atoms with E-state index in [9.17, 15) is 9.90 Å². The largest absolute Gasteiger partial charge is 0.495 e. The summed E-state index contributed by atoms with van der Waals surface area (Å²) in [5.74, 6) is 1.34. The normalized spacial score (nSPS) is 16.9. The maximum Gasteiger partial charge on any atom is 0.408 e. The number of nitrogens with one attached hydrogen (secondary N) is 1. The van der Waals surface area contributed by atoms with Gasteiger partial charge in [0.25, 0.3) is 0 Å². The van der Waals surface area contributed by atoms with Gasteiger partial charge in [0.2, 0.25) is 0 Å². The number of piperidine rings is 1. The van der Waals surface area contributed by atoms with Crippen LogP contribution in [0, 0.1) is 5.41 Å². The van der Waals surface area contributed by atoms with E-state index in [4.69, 9.17) is 36.0 Å². The van der Waals surface area contributed by atoms with Crippen LogP contribution in [0.25, 0.3) is 17.0 Å². The lowest BCUT2D eigenvalue weighted by atomic mass is 9.72. The van der Waals surface area contributed by atoms with Crippen molar-refractivity contribution in [3.8, 4) is 17.1 Å². The van der Waals surface area contributed by atoms with E-state index in [1.165, 1.54) is 17.3 Å². The number of hydrogen-bond donors (Lipinski definition) is 2. The Bertz CT molecular complexity index is 2010. The average Bonchev–Trinajstić information content (AvgIpc) is 3.65. The third-order valence-corrected chi connectivity index (χ3v) is 10.6. The summed E-state index contributed by atoms with van der Waals surface area (Å²) in [5.41, 5.74) is 4.18. The number of halogens is 1. The summed E-state index contributed by atoms with van der Waals surface area (Å²) in [7, 11) is 1.60. The predicted octanol–water partition coefficient (Wildman–Crippen LogP) is 6.90. The van der Waals surface area contributed by atoms with E-state index < -0.39 is 11.7 Å². The molecule has 254 valence electrons. The fraction of sp³-hybridized carbons (Fsp3) is 0.361. The Morgan fingerprint density at radius 2 is 1.88 bits per heavy atom. The van der Waals surface area contributed by atoms with Crippen molar-refractivity contribution in [1.29, 1.82) is 0 Å². The zero-order chi connectivity index (χ0) is 34.3. The van der Waals surface area contributed by atoms with E-state index in [-0.39, 0.29) is 18.1 Å². The van der Waals surface area contributed by atoms with Gasteiger partial charge >= 0.3 is 6.09 Å². The highest BCUT2D eigenvalue weighted by atomic mass is 35.5. The molecule has 1 spiro atoms. The number of aliphatic hydroxyl groups excluding tert-OH is 1. The van der Waals surface area contributed by atoms with Gasteiger partial charge in [-0.05, 0) is 69.4 Å². The van der Waals surface area contributed by atoms with E-state index >= 15 is 0 Å². The van der Waals surface area contributed by atoms with Crippen LogP contribution in [0.2, 0.25) is 5.02 Å². The molecule has 1 amide bonds. The molecule has 1 aromatic carbocycles. The first kappa shape index (κ1) is 33.1. The highest BCUT2D eigenvalue weighted by molar-refractivity contribution is 7.99. The molecular weight excluding hydrogens is 662 g/mol. The molecule has 1 saturated heterocycles. The van der Waals surface area contributed by atoms with E-state index in [1.54, 1.807) is 19.5 Å². The van der Waals surface area contributed by atoms with Crippen LogP contribution < -0.4 is 15.0 Å². The monoisotopic (exact) mass is 699 g/mol. The predicted molar refractivity (Wildman–Crippen MR) is 188 cm³/mol. The minimum atomic E-state index is -0.584. The number of carbonyl (C=O) groups excluding carboxylic acids is 1. The molecule has 0 bridgehead atoms. The molecule has 49 heavy (non-hydrogen) atoms. The van der Waals surface area contributed by atoms with Crippen molar-refractivity contribution in [2.45, 2.75) is 68.2 Å². The summed E-state index contributed by atoms with van der Waals surface area (Å²) in [4.78, 5) is 34.6. The van der Waals surface area contributed by atoms with Crippen molar-refractivity contribution >= 4 is 40.9 Å². The quantitative estimate of drug-likeness (QED) is 0.185. The third kappa shape index (κ3) is 6.64. The number of fused-ring (bicyclic) bond motifs is 2. The minimum absolute atomic E-state index is 0.148. The van der Waals surface area contributed by atoms with Gasteiger partial charge in [-0.25, -0.2) is 19.7 Å². The molecule has 2 N–H and O–H groups in total. The number of aliphatic hydroxyl groups is 1. The SMILES string of the molecule is COc1ccc(-c2cn3ccc(Sc4cnc(N5CCC6(CC5)Cc5ccccc5[C@H]6NC(=O)OC(C)(C)C)c(CO)n4)c(Cl)c3n2)nc1. The first-order valence-corrected chi connectivity index (χ1v) is 17.4. The van der Waals surface area contributed by atoms with Crippen LogP contribution in [-0.4, -0.2) is 61.3 Å². The van der Waals surface area contributed by atoms with Crippen LogP contribution in [0.5, 0.6) is 5.75 Å². The van der Waals surface area contributed by atoms with Crippen molar-refractivity contribution in [2.24, 2.45) is 5.41 Å². The molecule has 0 unspecified atom stereocenters. The van der Waals surface area contributed by atoms with E-state index in [2.05, 4.69) is 33.4 Å². The molecule has 1 aliphatic carbocycles. The number of ether oxygens (including phenoxy) is 2. The summed E-state index contributed by atoms with van der Waals surface area (Å²) in [5, 5.41) is 14.7. The van der Waals surface area contributed by atoms with Crippen LogP contribution in [0.15, 0.2) is 77.2 Å². The Kier molecular flexibility index (Phi) is 8.89. The lowest BCUT2D eigenvalue weighted by Crippen LogP contribution is -2.48. The van der Waals surface area contributed by atoms with Crippen molar-refractivity contribution in [1.82, 2.24) is 29.7 Å². The number of aromatic nitrogens is 5. The molecule has 0 radical (unpaired) electrons. The Morgan fingerprint density at radius 1 is 1.08 bits per heavy atom. The second-order valence-corrected chi connectivity index (χ2v) is 14.9. The summed E-state index contributed by atoms with van der Waals surface area (Å²) >= 11 is 8.22. The van der Waals surface area contributed by atoms with Gasteiger partial charge in [-0.1, -0.05) is 47.6 Å². The van der Waals surface area contributed by atoms with Gasteiger partial charge in [-0.3, -0.25) is 4.98 Å². The van der Waals surface area contributed by atoms with E-state index in [0.29, 0.717) is 57.4 Å². The van der Waals surface area contributed by atoms with Gasteiger partial charge in [0.15, 0.2) is 11.5 Å². The smallest absolute Gasteiger partial charge is 0.408 e. The van der Waals surface area contributed by atoms with Crippen molar-refractivity contribution in [2.75, 3.05) is 25.1 Å². The first-order valence-electron chi connectivity index (χ1n) is 16.2. The number of nitrogens with zero attached hydrogens (tertiary/aromatic N) is 6. The lowest BCUT2D eigenvalue weighted by molar-refractivity contribution is 0.0428. The number of alkyl carbamates (subject to hydrolysis) is 1. The van der Waals surface area contributed by atoms with Crippen molar-refractivity contribution < 1.29 is 19.4 Å². The maximum atomic E-state index is 12.9. The van der Waals surface area contributed by atoms with Gasteiger partial charge in [0.05, 0.1) is 42.9 Å². The summed E-state index contributed by atoms with van der Waals surface area (Å²) in [6.07, 6.45) is 9.29. The lowest BCUT2D eigenvalue weighted by Gasteiger charge is -2.44. The molecule has 7 rings (SSSR count). The molecule has 5 heterocycles. The highest BCUT2D eigenvalue weighted by Crippen LogP contribution is 2.52. The van der Waals surface area contributed by atoms with Crippen LogP contribution >= 0.6 is 23.4 Å². The van der Waals surface area contributed by atoms with Crippen molar-refractivity contribution in [3.63, 3.8) is 0 Å². The number of pyridine rings is 2. The Balaban J connectivity index is 1.07. The van der Waals surface area contributed by atoms with Gasteiger partial charge in [0.1, 0.15) is 27.8 Å². The zero-order valence-electron chi connectivity index (χ0n) is 27.8. The number of methoxy groups -OCH3 is 1. The van der Waals surface area contributed by atoms with Crippen LogP contribution in [0.3, 0.4) is 0 Å². The van der Waals surface area contributed by atoms with Gasteiger partial charge in [-0.15, -0.1) is 0 Å². The number of carbonyl (C=O) groups is 1. The average molecular weight is 700 g/mol. The van der Waals surface area contributed by atoms with Gasteiger partial charge < -0.3 is 29.2 Å². The highest BCUT2D eigenvalue weighted by Gasteiger charge is 2.49. The number of anilines is 1. The number of imidazole rings is 1. The molecule has 4 aromatic heterocycles. The third-order valence-electron chi connectivity index (χ3n) is 9.17. The number of hydrogen-bond acceptors (Lipinski definition) is 10. The summed E-state index contributed by atoms with van der Waals surface area (Å²) in [6.45, 7) is 6.79. The fourth-order valence-corrected chi connectivity index (χ4v) is 7.98. The Labute approximate surface area is 294 Å².